The molecule has 0 spiro atoms. The SMILES string of the molecule is CC(=O)O.CCCCC=C(C)CO. The van der Waals surface area contributed by atoms with E-state index < -0.39 is 5.97 Å². The summed E-state index contributed by atoms with van der Waals surface area (Å²) >= 11 is 0. The first-order chi connectivity index (χ1) is 6.04. The molecule has 0 atom stereocenters. The van der Waals surface area contributed by atoms with E-state index in [9.17, 15) is 0 Å². The molecule has 0 aliphatic rings. The topological polar surface area (TPSA) is 57.5 Å². The van der Waals surface area contributed by atoms with E-state index in [-0.39, 0.29) is 6.61 Å². The summed E-state index contributed by atoms with van der Waals surface area (Å²) < 4.78 is 0. The van der Waals surface area contributed by atoms with Gasteiger partial charge in [-0.15, -0.1) is 0 Å². The third-order valence-electron chi connectivity index (χ3n) is 1.30. The van der Waals surface area contributed by atoms with Gasteiger partial charge in [0.1, 0.15) is 0 Å². The Morgan fingerprint density at radius 1 is 1.38 bits per heavy atom. The van der Waals surface area contributed by atoms with Crippen molar-refractivity contribution in [3.63, 3.8) is 0 Å². The molecule has 0 radical (unpaired) electrons. The maximum Gasteiger partial charge on any atom is 0.300 e. The molecule has 13 heavy (non-hydrogen) atoms. The van der Waals surface area contributed by atoms with Crippen LogP contribution in [0.3, 0.4) is 0 Å². The zero-order valence-corrected chi connectivity index (χ0v) is 8.71. The second-order valence-corrected chi connectivity index (χ2v) is 2.87. The van der Waals surface area contributed by atoms with Gasteiger partial charge in [-0.25, -0.2) is 0 Å². The molecule has 3 nitrogen and oxygen atoms in total. The molecule has 0 unspecified atom stereocenters. The maximum absolute atomic E-state index is 9.00. The van der Waals surface area contributed by atoms with Crippen LogP contribution in [0.15, 0.2) is 11.6 Å². The molecule has 0 bridgehead atoms. The van der Waals surface area contributed by atoms with Crippen molar-refractivity contribution in [1.29, 1.82) is 0 Å². The third kappa shape index (κ3) is 24.7. The second-order valence-electron chi connectivity index (χ2n) is 2.87. The largest absolute Gasteiger partial charge is 0.481 e. The van der Waals surface area contributed by atoms with E-state index in [2.05, 4.69) is 13.0 Å². The number of aliphatic hydroxyl groups excluding tert-OH is 1. The molecule has 3 heteroatoms. The molecule has 0 aromatic rings. The molecule has 0 fully saturated rings. The van der Waals surface area contributed by atoms with Crippen LogP contribution in [0.2, 0.25) is 0 Å². The van der Waals surface area contributed by atoms with Gasteiger partial charge in [-0.2, -0.15) is 0 Å². The number of carbonyl (C=O) groups is 1. The highest BCUT2D eigenvalue weighted by molar-refractivity contribution is 5.62. The van der Waals surface area contributed by atoms with Gasteiger partial charge in [0, 0.05) is 6.92 Å². The number of hydrogen-bond donors (Lipinski definition) is 2. The van der Waals surface area contributed by atoms with Gasteiger partial charge in [-0.05, 0) is 13.3 Å². The number of aliphatic hydroxyl groups is 1. The lowest BCUT2D eigenvalue weighted by Gasteiger charge is -1.92. The Bertz CT molecular complexity index is 146. The fraction of sp³-hybridized carbons (Fsp3) is 0.700. The molecule has 0 aromatic heterocycles. The molecule has 2 N–H and O–H groups in total. The lowest BCUT2D eigenvalue weighted by molar-refractivity contribution is -0.134. The van der Waals surface area contributed by atoms with Crippen molar-refractivity contribution < 1.29 is 15.0 Å². The Hall–Kier alpha value is -0.830. The Morgan fingerprint density at radius 2 is 1.85 bits per heavy atom. The van der Waals surface area contributed by atoms with Crippen LogP contribution in [0, 0.1) is 0 Å². The van der Waals surface area contributed by atoms with Crippen LogP contribution in [0.1, 0.15) is 40.0 Å². The highest BCUT2D eigenvalue weighted by Gasteiger charge is 1.83. The van der Waals surface area contributed by atoms with E-state index in [0.29, 0.717) is 0 Å². The first-order valence-electron chi connectivity index (χ1n) is 4.50. The molecule has 0 saturated carbocycles. The Balaban J connectivity index is 0. The molecule has 0 aromatic carbocycles. The van der Waals surface area contributed by atoms with Crippen LogP contribution >= 0.6 is 0 Å². The van der Waals surface area contributed by atoms with E-state index >= 15 is 0 Å². The summed E-state index contributed by atoms with van der Waals surface area (Å²) in [7, 11) is 0. The minimum atomic E-state index is -0.833. The third-order valence-corrected chi connectivity index (χ3v) is 1.30. The van der Waals surface area contributed by atoms with Gasteiger partial charge < -0.3 is 10.2 Å². The standard InChI is InChI=1S/C8H16O.C2H4O2/c1-3-4-5-6-8(2)7-9;1-2(3)4/h6,9H,3-5,7H2,1-2H3;1H3,(H,3,4). The highest BCUT2D eigenvalue weighted by atomic mass is 16.4. The Morgan fingerprint density at radius 3 is 2.15 bits per heavy atom. The summed E-state index contributed by atoms with van der Waals surface area (Å²) in [5, 5.41) is 16.0. The number of aliphatic carboxylic acids is 1. The quantitative estimate of drug-likeness (QED) is 0.525. The van der Waals surface area contributed by atoms with Crippen LogP contribution in [0.4, 0.5) is 0 Å². The van der Waals surface area contributed by atoms with Crippen LogP contribution in [-0.4, -0.2) is 22.8 Å². The van der Waals surface area contributed by atoms with Crippen molar-refractivity contribution in [1.82, 2.24) is 0 Å². The molecule has 0 aliphatic carbocycles. The number of rotatable bonds is 4. The average Bonchev–Trinajstić information content (AvgIpc) is 2.03. The van der Waals surface area contributed by atoms with Gasteiger partial charge in [-0.3, -0.25) is 4.79 Å². The van der Waals surface area contributed by atoms with E-state index in [1.807, 2.05) is 6.92 Å². The van der Waals surface area contributed by atoms with Crippen molar-refractivity contribution in [2.24, 2.45) is 0 Å². The van der Waals surface area contributed by atoms with Gasteiger partial charge in [-0.1, -0.05) is 31.4 Å². The number of hydrogen-bond acceptors (Lipinski definition) is 2. The highest BCUT2D eigenvalue weighted by Crippen LogP contribution is 1.99. The molecule has 0 rings (SSSR count). The van der Waals surface area contributed by atoms with E-state index in [4.69, 9.17) is 15.0 Å². The summed E-state index contributed by atoms with van der Waals surface area (Å²) in [6.07, 6.45) is 5.68. The van der Waals surface area contributed by atoms with Crippen molar-refractivity contribution in [3.8, 4) is 0 Å². The molecular weight excluding hydrogens is 168 g/mol. The normalized spacial score (nSPS) is 10.3. The van der Waals surface area contributed by atoms with E-state index in [0.717, 1.165) is 18.9 Å². The first-order valence-corrected chi connectivity index (χ1v) is 4.50. The van der Waals surface area contributed by atoms with Crippen LogP contribution < -0.4 is 0 Å². The summed E-state index contributed by atoms with van der Waals surface area (Å²) in [5.41, 5.74) is 1.09. The minimum Gasteiger partial charge on any atom is -0.481 e. The van der Waals surface area contributed by atoms with Gasteiger partial charge in [0.05, 0.1) is 6.61 Å². The lowest BCUT2D eigenvalue weighted by Crippen LogP contribution is -1.82. The van der Waals surface area contributed by atoms with Gasteiger partial charge in [0.2, 0.25) is 0 Å². The second kappa shape index (κ2) is 11.2. The van der Waals surface area contributed by atoms with Crippen molar-refractivity contribution in [2.45, 2.75) is 40.0 Å². The van der Waals surface area contributed by atoms with Crippen molar-refractivity contribution in [2.75, 3.05) is 6.61 Å². The monoisotopic (exact) mass is 188 g/mol. The average molecular weight is 188 g/mol. The zero-order valence-electron chi connectivity index (χ0n) is 8.71. The van der Waals surface area contributed by atoms with E-state index in [1.165, 1.54) is 12.8 Å². The van der Waals surface area contributed by atoms with Gasteiger partial charge in [0.15, 0.2) is 0 Å². The predicted octanol–water partition coefficient (Wildman–Crippen LogP) is 2.21. The van der Waals surface area contributed by atoms with Crippen molar-refractivity contribution in [3.05, 3.63) is 11.6 Å². The number of carboxylic acid groups (broad SMARTS) is 1. The van der Waals surface area contributed by atoms with E-state index in [1.54, 1.807) is 0 Å². The number of allylic oxidation sites excluding steroid dienone is 1. The van der Waals surface area contributed by atoms with Crippen molar-refractivity contribution >= 4 is 5.97 Å². The van der Waals surface area contributed by atoms with Crippen LogP contribution in [-0.2, 0) is 4.79 Å². The fourth-order valence-electron chi connectivity index (χ4n) is 0.617. The zero-order chi connectivity index (χ0) is 10.7. The summed E-state index contributed by atoms with van der Waals surface area (Å²) in [6, 6.07) is 0. The smallest absolute Gasteiger partial charge is 0.300 e. The van der Waals surface area contributed by atoms with Crippen LogP contribution in [0.25, 0.3) is 0 Å². The maximum atomic E-state index is 9.00. The molecule has 0 heterocycles. The predicted molar refractivity (Wildman–Crippen MR) is 53.7 cm³/mol. The molecule has 78 valence electrons. The fourth-order valence-corrected chi connectivity index (χ4v) is 0.617. The molecule has 0 saturated heterocycles. The summed E-state index contributed by atoms with van der Waals surface area (Å²) in [5.74, 6) is -0.833. The van der Waals surface area contributed by atoms with Crippen LogP contribution in [0.5, 0.6) is 0 Å². The lowest BCUT2D eigenvalue weighted by atomic mass is 10.2. The molecule has 0 amide bonds. The summed E-state index contributed by atoms with van der Waals surface area (Å²) in [4.78, 5) is 9.00. The van der Waals surface area contributed by atoms with Gasteiger partial charge in [0.25, 0.3) is 5.97 Å². The minimum absolute atomic E-state index is 0.212. The first kappa shape index (κ1) is 14.7. The number of unbranched alkanes of at least 4 members (excludes halogenated alkanes) is 2. The Kier molecular flexibility index (Phi) is 12.6. The number of carboxylic acids is 1. The van der Waals surface area contributed by atoms with Gasteiger partial charge >= 0.3 is 0 Å². The summed E-state index contributed by atoms with van der Waals surface area (Å²) in [6.45, 7) is 5.42. The Labute approximate surface area is 80.1 Å². The molecule has 0 aliphatic heterocycles. The molecular formula is C10H20O3.